The van der Waals surface area contributed by atoms with E-state index in [0.717, 1.165) is 12.0 Å². The molecule has 0 aliphatic carbocycles. The molecule has 0 saturated heterocycles. The SMILES string of the molecule is COc1ccc(C2CC(=O)Oc3cc4c(c(OC)c32)C(=O)OC(C)CCCC(=O)CCCC=C4)cc1. The molecule has 7 nitrogen and oxygen atoms in total. The highest BCUT2D eigenvalue weighted by molar-refractivity contribution is 5.99. The van der Waals surface area contributed by atoms with Gasteiger partial charge in [-0.25, -0.2) is 4.79 Å². The van der Waals surface area contributed by atoms with Crippen molar-refractivity contribution in [1.29, 1.82) is 0 Å². The van der Waals surface area contributed by atoms with Crippen molar-refractivity contribution in [3.8, 4) is 17.2 Å². The van der Waals surface area contributed by atoms with Gasteiger partial charge in [0.15, 0.2) is 0 Å². The van der Waals surface area contributed by atoms with Crippen LogP contribution in [0, 0.1) is 0 Å². The van der Waals surface area contributed by atoms with Crippen molar-refractivity contribution < 1.29 is 33.3 Å². The van der Waals surface area contributed by atoms with E-state index >= 15 is 0 Å². The zero-order valence-electron chi connectivity index (χ0n) is 21.0. The molecule has 0 saturated carbocycles. The van der Waals surface area contributed by atoms with Gasteiger partial charge in [0.05, 0.1) is 26.7 Å². The Morgan fingerprint density at radius 1 is 0.972 bits per heavy atom. The van der Waals surface area contributed by atoms with E-state index < -0.39 is 5.97 Å². The first-order chi connectivity index (χ1) is 17.4. The summed E-state index contributed by atoms with van der Waals surface area (Å²) < 4.78 is 22.5. The Bertz CT molecular complexity index is 1160. The van der Waals surface area contributed by atoms with Crippen LogP contribution in [-0.4, -0.2) is 38.0 Å². The molecule has 190 valence electrons. The van der Waals surface area contributed by atoms with Crippen molar-refractivity contribution in [3.05, 3.63) is 58.7 Å². The number of ether oxygens (including phenoxy) is 4. The molecule has 0 aromatic heterocycles. The van der Waals surface area contributed by atoms with E-state index in [1.807, 2.05) is 43.3 Å². The third-order valence-corrected chi connectivity index (χ3v) is 6.68. The maximum atomic E-state index is 13.5. The van der Waals surface area contributed by atoms with E-state index in [1.54, 1.807) is 13.2 Å². The normalized spacial score (nSPS) is 20.9. The highest BCUT2D eigenvalue weighted by Crippen LogP contribution is 2.47. The molecule has 2 aromatic carbocycles. The molecule has 36 heavy (non-hydrogen) atoms. The van der Waals surface area contributed by atoms with Crippen molar-refractivity contribution in [3.63, 3.8) is 0 Å². The molecule has 2 aliphatic heterocycles. The van der Waals surface area contributed by atoms with E-state index in [2.05, 4.69) is 0 Å². The van der Waals surface area contributed by atoms with E-state index in [4.69, 9.17) is 18.9 Å². The van der Waals surface area contributed by atoms with E-state index in [-0.39, 0.29) is 30.2 Å². The van der Waals surface area contributed by atoms with Crippen LogP contribution < -0.4 is 14.2 Å². The number of fused-ring (bicyclic) bond motifs is 2. The molecule has 2 aromatic rings. The molecule has 0 radical (unpaired) electrons. The van der Waals surface area contributed by atoms with Gasteiger partial charge in [0.1, 0.15) is 28.6 Å². The molecule has 0 spiro atoms. The van der Waals surface area contributed by atoms with Gasteiger partial charge < -0.3 is 18.9 Å². The van der Waals surface area contributed by atoms with Crippen LogP contribution in [0.25, 0.3) is 6.08 Å². The standard InChI is InChI=1S/C29H32O7/c1-18-8-7-11-21(30)10-6-4-5-9-20-16-24-27(28(34-3)26(20)29(32)35-18)23(17-25(31)36-24)19-12-14-22(33-2)15-13-19/h5,9,12-16,18,23H,4,6-8,10-11,17H2,1-3H3. The van der Waals surface area contributed by atoms with Crippen LogP contribution in [-0.2, 0) is 14.3 Å². The molecule has 0 amide bonds. The third-order valence-electron chi connectivity index (χ3n) is 6.68. The summed E-state index contributed by atoms with van der Waals surface area (Å²) in [7, 11) is 3.11. The highest BCUT2D eigenvalue weighted by atomic mass is 16.5. The number of carbonyl (C=O) groups excluding carboxylic acids is 3. The summed E-state index contributed by atoms with van der Waals surface area (Å²) in [6, 6.07) is 9.19. The number of allylic oxidation sites excluding steroid dienone is 1. The van der Waals surface area contributed by atoms with E-state index in [1.165, 1.54) is 7.11 Å². The van der Waals surface area contributed by atoms with Gasteiger partial charge in [0.2, 0.25) is 0 Å². The summed E-state index contributed by atoms with van der Waals surface area (Å²) >= 11 is 0. The number of benzene rings is 2. The number of hydrogen-bond acceptors (Lipinski definition) is 7. The monoisotopic (exact) mass is 492 g/mol. The Kier molecular flexibility index (Phi) is 8.08. The molecular weight excluding hydrogens is 460 g/mol. The Morgan fingerprint density at radius 2 is 1.72 bits per heavy atom. The van der Waals surface area contributed by atoms with Crippen molar-refractivity contribution in [2.45, 2.75) is 63.9 Å². The van der Waals surface area contributed by atoms with Crippen LogP contribution in [0.15, 0.2) is 36.4 Å². The Balaban J connectivity index is 1.84. The predicted octanol–water partition coefficient (Wildman–Crippen LogP) is 5.63. The number of esters is 2. The quantitative estimate of drug-likeness (QED) is 0.405. The Labute approximate surface area is 211 Å². The molecule has 2 heterocycles. The number of cyclic esters (lactones) is 1. The summed E-state index contributed by atoms with van der Waals surface area (Å²) in [4.78, 5) is 38.1. The average Bonchev–Trinajstić information content (AvgIpc) is 2.86. The molecule has 4 rings (SSSR count). The van der Waals surface area contributed by atoms with Crippen molar-refractivity contribution >= 4 is 23.8 Å². The number of ketones is 1. The summed E-state index contributed by atoms with van der Waals surface area (Å²) in [6.45, 7) is 1.83. The lowest BCUT2D eigenvalue weighted by atomic mass is 9.83. The van der Waals surface area contributed by atoms with Gasteiger partial charge in [-0.1, -0.05) is 24.3 Å². The van der Waals surface area contributed by atoms with Gasteiger partial charge in [-0.2, -0.15) is 0 Å². The van der Waals surface area contributed by atoms with Crippen LogP contribution in [0.1, 0.15) is 84.8 Å². The predicted molar refractivity (Wildman–Crippen MR) is 135 cm³/mol. The minimum Gasteiger partial charge on any atom is -0.497 e. The van der Waals surface area contributed by atoms with Crippen LogP contribution in [0.2, 0.25) is 0 Å². The summed E-state index contributed by atoms with van der Waals surface area (Å²) in [6.07, 6.45) is 7.20. The van der Waals surface area contributed by atoms with Gasteiger partial charge in [-0.05, 0) is 61.9 Å². The van der Waals surface area contributed by atoms with Crippen LogP contribution in [0.4, 0.5) is 0 Å². The lowest BCUT2D eigenvalue weighted by molar-refractivity contribution is -0.135. The fraction of sp³-hybridized carbons (Fsp3) is 0.414. The topological polar surface area (TPSA) is 88.1 Å². The molecule has 7 heteroatoms. The fourth-order valence-electron chi connectivity index (χ4n) is 4.83. The summed E-state index contributed by atoms with van der Waals surface area (Å²) in [5.74, 6) is 0.426. The van der Waals surface area contributed by atoms with Crippen LogP contribution in [0.5, 0.6) is 17.2 Å². The summed E-state index contributed by atoms with van der Waals surface area (Å²) in [5.41, 5.74) is 2.39. The Hall–Kier alpha value is -3.61. The van der Waals surface area contributed by atoms with Crippen molar-refractivity contribution in [1.82, 2.24) is 0 Å². The molecule has 0 N–H and O–H groups in total. The Morgan fingerprint density at radius 3 is 2.44 bits per heavy atom. The lowest BCUT2D eigenvalue weighted by Gasteiger charge is -2.29. The molecule has 2 aliphatic rings. The minimum absolute atomic E-state index is 0.115. The molecule has 0 bridgehead atoms. The number of carbonyl (C=O) groups is 3. The first-order valence-electron chi connectivity index (χ1n) is 12.4. The largest absolute Gasteiger partial charge is 0.497 e. The van der Waals surface area contributed by atoms with E-state index in [0.29, 0.717) is 66.0 Å². The second kappa shape index (κ2) is 11.4. The van der Waals surface area contributed by atoms with Crippen LogP contribution >= 0.6 is 0 Å². The maximum Gasteiger partial charge on any atom is 0.342 e. The number of hydrogen-bond donors (Lipinski definition) is 0. The maximum absolute atomic E-state index is 13.5. The van der Waals surface area contributed by atoms with Crippen LogP contribution in [0.3, 0.4) is 0 Å². The van der Waals surface area contributed by atoms with Gasteiger partial charge in [0.25, 0.3) is 0 Å². The second-order valence-corrected chi connectivity index (χ2v) is 9.23. The first-order valence-corrected chi connectivity index (χ1v) is 12.4. The lowest BCUT2D eigenvalue weighted by Crippen LogP contribution is -2.24. The van der Waals surface area contributed by atoms with E-state index in [9.17, 15) is 14.4 Å². The second-order valence-electron chi connectivity index (χ2n) is 9.23. The van der Waals surface area contributed by atoms with Gasteiger partial charge in [-0.15, -0.1) is 0 Å². The highest BCUT2D eigenvalue weighted by Gasteiger charge is 2.36. The molecular formula is C29H32O7. The fourth-order valence-corrected chi connectivity index (χ4v) is 4.83. The molecule has 2 unspecified atom stereocenters. The van der Waals surface area contributed by atoms with Gasteiger partial charge in [0, 0.05) is 24.3 Å². The van der Waals surface area contributed by atoms with Gasteiger partial charge >= 0.3 is 11.9 Å². The molecule has 0 fully saturated rings. The van der Waals surface area contributed by atoms with Gasteiger partial charge in [-0.3, -0.25) is 9.59 Å². The summed E-state index contributed by atoms with van der Waals surface area (Å²) in [5, 5.41) is 0. The number of rotatable bonds is 3. The average molecular weight is 493 g/mol. The van der Waals surface area contributed by atoms with Crippen molar-refractivity contribution in [2.75, 3.05) is 14.2 Å². The number of methoxy groups -OCH3 is 2. The smallest absolute Gasteiger partial charge is 0.342 e. The zero-order valence-corrected chi connectivity index (χ0v) is 21.0. The first kappa shape index (κ1) is 25.5. The third kappa shape index (κ3) is 5.61. The van der Waals surface area contributed by atoms with Crippen molar-refractivity contribution in [2.24, 2.45) is 0 Å². The zero-order chi connectivity index (χ0) is 25.7. The number of Topliss-reactive ketones (excluding diaryl/α,β-unsaturated/α-hetero) is 1. The minimum atomic E-state index is -0.504. The molecule has 2 atom stereocenters.